The normalized spacial score (nSPS) is 16.1. The van der Waals surface area contributed by atoms with Crippen molar-refractivity contribution in [3.8, 4) is 0 Å². The van der Waals surface area contributed by atoms with Crippen molar-refractivity contribution in [3.05, 3.63) is 23.1 Å². The van der Waals surface area contributed by atoms with Crippen molar-refractivity contribution in [3.63, 3.8) is 0 Å². The first-order chi connectivity index (χ1) is 9.65. The van der Waals surface area contributed by atoms with Crippen LogP contribution >= 0.6 is 22.9 Å². The number of anilines is 1. The van der Waals surface area contributed by atoms with Crippen LogP contribution in [0.1, 0.15) is 5.56 Å². The highest BCUT2D eigenvalue weighted by Crippen LogP contribution is 2.39. The summed E-state index contributed by atoms with van der Waals surface area (Å²) in [4.78, 5) is 16.4. The van der Waals surface area contributed by atoms with Gasteiger partial charge in [0.15, 0.2) is 0 Å². The molecule has 0 spiro atoms. The summed E-state index contributed by atoms with van der Waals surface area (Å²) in [5.41, 5.74) is 7.81. The van der Waals surface area contributed by atoms with E-state index in [0.29, 0.717) is 5.02 Å². The number of aromatic nitrogens is 3. The van der Waals surface area contributed by atoms with Gasteiger partial charge in [-0.05, 0) is 12.5 Å². The molecule has 7 heteroatoms. The Kier molecular flexibility index (Phi) is 2.60. The van der Waals surface area contributed by atoms with Crippen molar-refractivity contribution >= 4 is 49.2 Å². The van der Waals surface area contributed by atoms with Crippen LogP contribution in [0, 0.1) is 6.92 Å². The SMILES string of the molecule is Cc1c(Cl)cnc2sc3c(N4CC(N)C4)ncnc3c12. The van der Waals surface area contributed by atoms with E-state index in [0.717, 1.165) is 44.9 Å². The third-order valence-electron chi connectivity index (χ3n) is 3.67. The molecule has 0 amide bonds. The largest absolute Gasteiger partial charge is 0.352 e. The van der Waals surface area contributed by atoms with E-state index in [9.17, 15) is 0 Å². The van der Waals surface area contributed by atoms with Crippen molar-refractivity contribution in [2.75, 3.05) is 18.0 Å². The van der Waals surface area contributed by atoms with Crippen molar-refractivity contribution in [1.29, 1.82) is 0 Å². The molecule has 5 nitrogen and oxygen atoms in total. The number of halogens is 1. The second kappa shape index (κ2) is 4.25. The summed E-state index contributed by atoms with van der Waals surface area (Å²) in [5, 5.41) is 1.70. The van der Waals surface area contributed by atoms with Crippen LogP contribution < -0.4 is 10.6 Å². The van der Waals surface area contributed by atoms with Gasteiger partial charge in [0.05, 0.1) is 15.2 Å². The number of aryl methyl sites for hydroxylation is 1. The molecule has 0 saturated carbocycles. The van der Waals surface area contributed by atoms with Crippen LogP contribution in [0.15, 0.2) is 12.5 Å². The Balaban J connectivity index is 2.02. The van der Waals surface area contributed by atoms with E-state index in [1.165, 1.54) is 0 Å². The zero-order valence-electron chi connectivity index (χ0n) is 10.8. The second-order valence-corrected chi connectivity index (χ2v) is 6.46. The van der Waals surface area contributed by atoms with E-state index in [4.69, 9.17) is 17.3 Å². The minimum atomic E-state index is 0.240. The molecule has 4 heterocycles. The molecular weight excluding hydrogens is 294 g/mol. The number of hydrogen-bond donors (Lipinski definition) is 1. The summed E-state index contributed by atoms with van der Waals surface area (Å²) in [7, 11) is 0. The lowest BCUT2D eigenvalue weighted by Gasteiger charge is -2.37. The first-order valence-electron chi connectivity index (χ1n) is 6.34. The maximum Gasteiger partial charge on any atom is 0.150 e. The van der Waals surface area contributed by atoms with Gasteiger partial charge in [-0.2, -0.15) is 0 Å². The fraction of sp³-hybridized carbons (Fsp3) is 0.308. The molecule has 1 aliphatic heterocycles. The first-order valence-corrected chi connectivity index (χ1v) is 7.53. The van der Waals surface area contributed by atoms with Gasteiger partial charge in [-0.1, -0.05) is 11.6 Å². The van der Waals surface area contributed by atoms with Gasteiger partial charge in [-0.3, -0.25) is 0 Å². The standard InChI is InChI=1S/C13H12ClN5S/c1-6-8(14)2-16-13-9(6)10-11(20-13)12(18-5-17-10)19-3-7(15)4-19/h2,5,7H,3-4,15H2,1H3. The van der Waals surface area contributed by atoms with Crippen LogP contribution in [0.4, 0.5) is 5.82 Å². The number of nitrogens with two attached hydrogens (primary N) is 1. The molecule has 0 unspecified atom stereocenters. The van der Waals surface area contributed by atoms with Gasteiger partial charge in [-0.15, -0.1) is 11.3 Å². The molecular formula is C13H12ClN5S. The summed E-state index contributed by atoms with van der Waals surface area (Å²) in [6, 6.07) is 0.240. The zero-order chi connectivity index (χ0) is 13.9. The van der Waals surface area contributed by atoms with Crippen LogP contribution in [-0.4, -0.2) is 34.1 Å². The first kappa shape index (κ1) is 12.3. The number of fused-ring (bicyclic) bond motifs is 3. The van der Waals surface area contributed by atoms with Crippen LogP contribution in [0.3, 0.4) is 0 Å². The maximum absolute atomic E-state index is 6.18. The topological polar surface area (TPSA) is 67.9 Å². The minimum absolute atomic E-state index is 0.240. The van der Waals surface area contributed by atoms with E-state index in [-0.39, 0.29) is 6.04 Å². The summed E-state index contributed by atoms with van der Waals surface area (Å²) < 4.78 is 1.06. The van der Waals surface area contributed by atoms with Crippen LogP contribution in [0.25, 0.3) is 20.4 Å². The molecule has 102 valence electrons. The van der Waals surface area contributed by atoms with Gasteiger partial charge < -0.3 is 10.6 Å². The highest BCUT2D eigenvalue weighted by Gasteiger charge is 2.27. The molecule has 1 saturated heterocycles. The fourth-order valence-corrected chi connectivity index (χ4v) is 3.88. The average molecular weight is 306 g/mol. The van der Waals surface area contributed by atoms with E-state index in [1.807, 2.05) is 6.92 Å². The fourth-order valence-electron chi connectivity index (χ4n) is 2.56. The Hall–Kier alpha value is -1.50. The predicted octanol–water partition coefficient (Wildman–Crippen LogP) is 2.35. The smallest absolute Gasteiger partial charge is 0.150 e. The summed E-state index contributed by atoms with van der Waals surface area (Å²) >= 11 is 7.79. The molecule has 1 aliphatic rings. The number of rotatable bonds is 1. The lowest BCUT2D eigenvalue weighted by atomic mass is 10.1. The van der Waals surface area contributed by atoms with Crippen LogP contribution in [0.5, 0.6) is 0 Å². The van der Waals surface area contributed by atoms with E-state index in [1.54, 1.807) is 23.9 Å². The number of thiophene rings is 1. The summed E-state index contributed by atoms with van der Waals surface area (Å²) in [5.74, 6) is 0.954. The molecule has 2 N–H and O–H groups in total. The lowest BCUT2D eigenvalue weighted by Crippen LogP contribution is -2.56. The Morgan fingerprint density at radius 3 is 2.90 bits per heavy atom. The number of hydrogen-bond acceptors (Lipinski definition) is 6. The Morgan fingerprint density at radius 2 is 2.15 bits per heavy atom. The van der Waals surface area contributed by atoms with Gasteiger partial charge in [0.1, 0.15) is 17.0 Å². The van der Waals surface area contributed by atoms with Crippen LogP contribution in [0.2, 0.25) is 5.02 Å². The van der Waals surface area contributed by atoms with E-state index < -0.39 is 0 Å². The van der Waals surface area contributed by atoms with Gasteiger partial charge in [0.25, 0.3) is 0 Å². The molecule has 3 aromatic heterocycles. The molecule has 20 heavy (non-hydrogen) atoms. The molecule has 0 radical (unpaired) electrons. The molecule has 1 fully saturated rings. The van der Waals surface area contributed by atoms with Crippen molar-refractivity contribution in [2.24, 2.45) is 5.73 Å². The molecule has 4 rings (SSSR count). The van der Waals surface area contributed by atoms with Gasteiger partial charge in [0, 0.05) is 30.7 Å². The summed E-state index contributed by atoms with van der Waals surface area (Å²) in [6.45, 7) is 3.68. The monoisotopic (exact) mass is 305 g/mol. The van der Waals surface area contributed by atoms with Gasteiger partial charge in [0.2, 0.25) is 0 Å². The maximum atomic E-state index is 6.18. The van der Waals surface area contributed by atoms with Crippen LogP contribution in [-0.2, 0) is 0 Å². The van der Waals surface area contributed by atoms with Gasteiger partial charge in [-0.25, -0.2) is 15.0 Å². The average Bonchev–Trinajstić information content (AvgIpc) is 2.78. The molecule has 0 aliphatic carbocycles. The second-order valence-electron chi connectivity index (χ2n) is 5.05. The molecule has 0 bridgehead atoms. The third-order valence-corrected chi connectivity index (χ3v) is 5.14. The zero-order valence-corrected chi connectivity index (χ0v) is 12.4. The third kappa shape index (κ3) is 1.62. The van der Waals surface area contributed by atoms with Gasteiger partial charge >= 0.3 is 0 Å². The van der Waals surface area contributed by atoms with E-state index >= 15 is 0 Å². The Morgan fingerprint density at radius 1 is 1.35 bits per heavy atom. The summed E-state index contributed by atoms with van der Waals surface area (Å²) in [6.07, 6.45) is 3.30. The number of pyridine rings is 1. The highest BCUT2D eigenvalue weighted by molar-refractivity contribution is 7.26. The number of nitrogens with zero attached hydrogens (tertiary/aromatic N) is 4. The minimum Gasteiger partial charge on any atom is -0.352 e. The van der Waals surface area contributed by atoms with E-state index in [2.05, 4.69) is 19.9 Å². The Labute approximate surface area is 124 Å². The molecule has 0 atom stereocenters. The van der Waals surface area contributed by atoms with Crippen molar-refractivity contribution < 1.29 is 0 Å². The predicted molar refractivity (Wildman–Crippen MR) is 82.7 cm³/mol. The highest BCUT2D eigenvalue weighted by atomic mass is 35.5. The molecule has 3 aromatic rings. The Bertz CT molecular complexity index is 824. The van der Waals surface area contributed by atoms with Crippen molar-refractivity contribution in [2.45, 2.75) is 13.0 Å². The quantitative estimate of drug-likeness (QED) is 0.747. The lowest BCUT2D eigenvalue weighted by molar-refractivity contribution is 0.516. The molecule has 0 aromatic carbocycles. The van der Waals surface area contributed by atoms with Crippen molar-refractivity contribution in [1.82, 2.24) is 15.0 Å².